The maximum atomic E-state index is 13.5. The third-order valence-electron chi connectivity index (χ3n) is 2.24. The maximum Gasteiger partial charge on any atom is 0.434 e. The molecule has 0 atom stereocenters. The van der Waals surface area contributed by atoms with Crippen molar-refractivity contribution in [3.05, 3.63) is 46.9 Å². The van der Waals surface area contributed by atoms with Crippen molar-refractivity contribution in [1.29, 1.82) is 0 Å². The van der Waals surface area contributed by atoms with Crippen LogP contribution >= 0.6 is 11.6 Å². The Morgan fingerprint density at radius 3 is 2.32 bits per heavy atom. The Balaban J connectivity index is 2.64. The van der Waals surface area contributed by atoms with Crippen molar-refractivity contribution < 1.29 is 22.0 Å². The normalized spacial score (nSPS) is 11.7. The lowest BCUT2D eigenvalue weighted by Crippen LogP contribution is -2.10. The fourth-order valence-electron chi connectivity index (χ4n) is 1.44. The average Bonchev–Trinajstić information content (AvgIpc) is 2.28. The highest BCUT2D eigenvalue weighted by Crippen LogP contribution is 2.37. The van der Waals surface area contributed by atoms with Gasteiger partial charge in [-0.15, -0.1) is 0 Å². The van der Waals surface area contributed by atoms with Crippen molar-refractivity contribution in [1.82, 2.24) is 9.97 Å². The van der Waals surface area contributed by atoms with E-state index in [0.29, 0.717) is 12.4 Å². The third kappa shape index (κ3) is 2.65. The van der Waals surface area contributed by atoms with Gasteiger partial charge in [0.05, 0.1) is 10.7 Å². The van der Waals surface area contributed by atoms with Crippen LogP contribution < -0.4 is 0 Å². The SMILES string of the molecule is Fc1ccc(-c2ncnc(C(F)(F)F)c2Cl)c(F)c1. The fourth-order valence-corrected chi connectivity index (χ4v) is 1.74. The molecule has 8 heteroatoms. The van der Waals surface area contributed by atoms with Crippen LogP contribution in [0, 0.1) is 11.6 Å². The molecular formula is C11H4ClF5N2. The zero-order valence-electron chi connectivity index (χ0n) is 8.97. The number of nitrogens with zero attached hydrogens (tertiary/aromatic N) is 2. The first-order chi connectivity index (χ1) is 8.80. The lowest BCUT2D eigenvalue weighted by atomic mass is 10.1. The predicted molar refractivity (Wildman–Crippen MR) is 57.4 cm³/mol. The van der Waals surface area contributed by atoms with Gasteiger partial charge in [0.25, 0.3) is 0 Å². The van der Waals surface area contributed by atoms with E-state index < -0.39 is 34.2 Å². The lowest BCUT2D eigenvalue weighted by Gasteiger charge is -2.10. The van der Waals surface area contributed by atoms with Gasteiger partial charge in [0, 0.05) is 11.6 Å². The van der Waals surface area contributed by atoms with Crippen molar-refractivity contribution in [2.75, 3.05) is 0 Å². The zero-order chi connectivity index (χ0) is 14.2. The van der Waals surface area contributed by atoms with Crippen LogP contribution in [-0.4, -0.2) is 9.97 Å². The molecule has 100 valence electrons. The molecule has 0 saturated carbocycles. The van der Waals surface area contributed by atoms with E-state index in [9.17, 15) is 22.0 Å². The van der Waals surface area contributed by atoms with Gasteiger partial charge >= 0.3 is 6.18 Å². The first-order valence-electron chi connectivity index (χ1n) is 4.84. The van der Waals surface area contributed by atoms with Gasteiger partial charge in [0.15, 0.2) is 5.69 Å². The van der Waals surface area contributed by atoms with Crippen LogP contribution in [-0.2, 0) is 6.18 Å². The first-order valence-corrected chi connectivity index (χ1v) is 5.21. The van der Waals surface area contributed by atoms with Crippen LogP contribution in [0.5, 0.6) is 0 Å². The fraction of sp³-hybridized carbons (Fsp3) is 0.0909. The zero-order valence-corrected chi connectivity index (χ0v) is 9.73. The van der Waals surface area contributed by atoms with E-state index in [1.807, 2.05) is 0 Å². The number of rotatable bonds is 1. The van der Waals surface area contributed by atoms with Crippen LogP contribution in [0.4, 0.5) is 22.0 Å². The van der Waals surface area contributed by atoms with Crippen LogP contribution in [0.25, 0.3) is 11.3 Å². The minimum atomic E-state index is -4.79. The van der Waals surface area contributed by atoms with Crippen LogP contribution in [0.1, 0.15) is 5.69 Å². The number of benzene rings is 1. The lowest BCUT2D eigenvalue weighted by molar-refractivity contribution is -0.141. The van der Waals surface area contributed by atoms with Crippen LogP contribution in [0.15, 0.2) is 24.5 Å². The summed E-state index contributed by atoms with van der Waals surface area (Å²) in [6, 6.07) is 2.38. The molecule has 0 fully saturated rings. The van der Waals surface area contributed by atoms with Gasteiger partial charge in [-0.05, 0) is 12.1 Å². The molecule has 1 aromatic carbocycles. The Morgan fingerprint density at radius 2 is 1.74 bits per heavy atom. The molecule has 2 rings (SSSR count). The second-order valence-electron chi connectivity index (χ2n) is 3.51. The van der Waals surface area contributed by atoms with Gasteiger partial charge in [0.2, 0.25) is 0 Å². The second kappa shape index (κ2) is 4.73. The van der Waals surface area contributed by atoms with Crippen molar-refractivity contribution >= 4 is 11.6 Å². The van der Waals surface area contributed by atoms with Gasteiger partial charge in [0.1, 0.15) is 18.0 Å². The van der Waals surface area contributed by atoms with Crippen molar-refractivity contribution in [3.8, 4) is 11.3 Å². The highest BCUT2D eigenvalue weighted by Gasteiger charge is 2.36. The minimum absolute atomic E-state index is 0.334. The molecule has 0 spiro atoms. The molecule has 0 saturated heterocycles. The van der Waals surface area contributed by atoms with Crippen LogP contribution in [0.2, 0.25) is 5.02 Å². The topological polar surface area (TPSA) is 25.8 Å². The smallest absolute Gasteiger partial charge is 0.235 e. The van der Waals surface area contributed by atoms with Crippen LogP contribution in [0.3, 0.4) is 0 Å². The molecule has 0 amide bonds. The van der Waals surface area contributed by atoms with Gasteiger partial charge in [-0.25, -0.2) is 18.7 Å². The molecule has 2 nitrogen and oxygen atoms in total. The van der Waals surface area contributed by atoms with Crippen molar-refractivity contribution in [3.63, 3.8) is 0 Å². The largest absolute Gasteiger partial charge is 0.434 e. The molecule has 2 aromatic rings. The Morgan fingerprint density at radius 1 is 1.05 bits per heavy atom. The summed E-state index contributed by atoms with van der Waals surface area (Å²) < 4.78 is 64.0. The van der Waals surface area contributed by atoms with Crippen molar-refractivity contribution in [2.45, 2.75) is 6.18 Å². The molecular weight excluding hydrogens is 291 g/mol. The number of hydrogen-bond acceptors (Lipinski definition) is 2. The standard InChI is InChI=1S/C11H4ClF5N2/c12-8-9(6-2-1-5(13)3-7(6)14)18-4-19-10(8)11(15,16)17/h1-4H. The summed E-state index contributed by atoms with van der Waals surface area (Å²) >= 11 is 5.53. The summed E-state index contributed by atoms with van der Waals surface area (Å²) in [6.07, 6.45) is -4.17. The van der Waals surface area contributed by atoms with Gasteiger partial charge < -0.3 is 0 Å². The number of aromatic nitrogens is 2. The van der Waals surface area contributed by atoms with E-state index in [0.717, 1.165) is 12.1 Å². The van der Waals surface area contributed by atoms with E-state index in [1.54, 1.807) is 0 Å². The molecule has 0 N–H and O–H groups in total. The molecule has 0 aliphatic rings. The Bertz CT molecular complexity index is 627. The second-order valence-corrected chi connectivity index (χ2v) is 3.88. The van der Waals surface area contributed by atoms with E-state index in [2.05, 4.69) is 9.97 Å². The summed E-state index contributed by atoms with van der Waals surface area (Å²) in [5.74, 6) is -1.92. The third-order valence-corrected chi connectivity index (χ3v) is 2.60. The predicted octanol–water partition coefficient (Wildman–Crippen LogP) is 4.09. The Kier molecular flexibility index (Phi) is 3.40. The van der Waals surface area contributed by atoms with E-state index in [4.69, 9.17) is 11.6 Å². The number of alkyl halides is 3. The minimum Gasteiger partial charge on any atom is -0.235 e. The van der Waals surface area contributed by atoms with Gasteiger partial charge in [-0.2, -0.15) is 13.2 Å². The molecule has 0 bridgehead atoms. The van der Waals surface area contributed by atoms with E-state index >= 15 is 0 Å². The summed E-state index contributed by atoms with van der Waals surface area (Å²) in [5.41, 5.74) is -2.15. The molecule has 1 aromatic heterocycles. The molecule has 0 aliphatic carbocycles. The van der Waals surface area contributed by atoms with Gasteiger partial charge in [-0.3, -0.25) is 0 Å². The van der Waals surface area contributed by atoms with Crippen molar-refractivity contribution in [2.24, 2.45) is 0 Å². The highest BCUT2D eigenvalue weighted by atomic mass is 35.5. The van der Waals surface area contributed by atoms with E-state index in [-0.39, 0.29) is 5.56 Å². The summed E-state index contributed by atoms with van der Waals surface area (Å²) in [7, 11) is 0. The summed E-state index contributed by atoms with van der Waals surface area (Å²) in [4.78, 5) is 6.53. The molecule has 1 heterocycles. The van der Waals surface area contributed by atoms with Gasteiger partial charge in [-0.1, -0.05) is 11.6 Å². The van der Waals surface area contributed by atoms with E-state index in [1.165, 1.54) is 0 Å². The first kappa shape index (κ1) is 13.7. The Labute approximate surface area is 108 Å². The summed E-state index contributed by atoms with van der Waals surface area (Å²) in [6.45, 7) is 0. The maximum absolute atomic E-state index is 13.5. The quantitative estimate of drug-likeness (QED) is 0.740. The molecule has 0 aliphatic heterocycles. The number of hydrogen-bond donors (Lipinski definition) is 0. The average molecular weight is 295 g/mol. The Hall–Kier alpha value is -1.76. The summed E-state index contributed by atoms with van der Waals surface area (Å²) in [5, 5.41) is -0.833. The highest BCUT2D eigenvalue weighted by molar-refractivity contribution is 6.33. The number of halogens is 6. The molecule has 0 radical (unpaired) electrons. The molecule has 0 unspecified atom stereocenters. The molecule has 19 heavy (non-hydrogen) atoms. The monoisotopic (exact) mass is 294 g/mol.